The Kier molecular flexibility index (Phi) is 1.38. The van der Waals surface area contributed by atoms with Gasteiger partial charge in [0.25, 0.3) is 5.91 Å². The van der Waals surface area contributed by atoms with Crippen LogP contribution in [-0.2, 0) is 0 Å². The number of primary amides is 1. The zero-order chi connectivity index (χ0) is 7.56. The number of carbonyl (C=O) groups is 1. The van der Waals surface area contributed by atoms with E-state index in [-0.39, 0.29) is 11.3 Å². The lowest BCUT2D eigenvalue weighted by Gasteiger charge is -1.84. The monoisotopic (exact) mass is 136 g/mol. The third-order valence-corrected chi connectivity index (χ3v) is 1.02. The average Bonchev–Trinajstić information content (AvgIpc) is 2.33. The van der Waals surface area contributed by atoms with E-state index in [1.54, 1.807) is 6.07 Å². The summed E-state index contributed by atoms with van der Waals surface area (Å²) in [4.78, 5) is 10.5. The molecule has 5 heteroatoms. The van der Waals surface area contributed by atoms with Gasteiger partial charge in [-0.3, -0.25) is 9.89 Å². The van der Waals surface area contributed by atoms with Crippen molar-refractivity contribution in [1.82, 2.24) is 10.2 Å². The molecule has 0 aromatic carbocycles. The van der Waals surface area contributed by atoms with Gasteiger partial charge in [-0.1, -0.05) is 0 Å². The van der Waals surface area contributed by atoms with Gasteiger partial charge in [0.2, 0.25) is 0 Å². The standard InChI is InChI=1S/C5H4N4O/c6-1-4-3(5(7)10)2-8-9-4/h2H,(H2,7,10)(H,8,9). The molecule has 0 unspecified atom stereocenters. The number of hydrogen-bond acceptors (Lipinski definition) is 3. The van der Waals surface area contributed by atoms with Crippen molar-refractivity contribution in [2.45, 2.75) is 0 Å². The van der Waals surface area contributed by atoms with Gasteiger partial charge in [-0.25, -0.2) is 0 Å². The van der Waals surface area contributed by atoms with Crippen LogP contribution in [0.5, 0.6) is 0 Å². The zero-order valence-corrected chi connectivity index (χ0v) is 4.96. The Hall–Kier alpha value is -1.83. The van der Waals surface area contributed by atoms with Crippen molar-refractivity contribution >= 4 is 5.91 Å². The second-order valence-electron chi connectivity index (χ2n) is 1.63. The van der Waals surface area contributed by atoms with Gasteiger partial charge in [-0.2, -0.15) is 10.4 Å². The van der Waals surface area contributed by atoms with Crippen LogP contribution >= 0.6 is 0 Å². The molecular weight excluding hydrogens is 132 g/mol. The Morgan fingerprint density at radius 3 is 3.00 bits per heavy atom. The Bertz CT molecular complexity index is 295. The first-order chi connectivity index (χ1) is 4.75. The van der Waals surface area contributed by atoms with Crippen molar-refractivity contribution in [2.24, 2.45) is 5.73 Å². The molecule has 3 N–H and O–H groups in total. The van der Waals surface area contributed by atoms with E-state index in [9.17, 15) is 4.79 Å². The van der Waals surface area contributed by atoms with Crippen LogP contribution in [0, 0.1) is 11.3 Å². The summed E-state index contributed by atoms with van der Waals surface area (Å²) < 4.78 is 0. The Morgan fingerprint density at radius 2 is 2.60 bits per heavy atom. The maximum absolute atomic E-state index is 10.5. The summed E-state index contributed by atoms with van der Waals surface area (Å²) in [6.07, 6.45) is 1.22. The predicted molar refractivity (Wildman–Crippen MR) is 31.8 cm³/mol. The highest BCUT2D eigenvalue weighted by Crippen LogP contribution is 1.99. The topological polar surface area (TPSA) is 95.6 Å². The van der Waals surface area contributed by atoms with Crippen LogP contribution in [0.1, 0.15) is 16.1 Å². The molecule has 0 aliphatic rings. The molecule has 0 spiro atoms. The van der Waals surface area contributed by atoms with Crippen molar-refractivity contribution in [1.29, 1.82) is 5.26 Å². The quantitative estimate of drug-likeness (QED) is 0.538. The van der Waals surface area contributed by atoms with Crippen molar-refractivity contribution in [3.05, 3.63) is 17.5 Å². The summed E-state index contributed by atoms with van der Waals surface area (Å²) >= 11 is 0. The van der Waals surface area contributed by atoms with Crippen LogP contribution in [-0.4, -0.2) is 16.1 Å². The van der Waals surface area contributed by atoms with Crippen LogP contribution in [0.25, 0.3) is 0 Å². The van der Waals surface area contributed by atoms with Crippen LogP contribution in [0.2, 0.25) is 0 Å². The van der Waals surface area contributed by atoms with Crippen molar-refractivity contribution in [3.8, 4) is 6.07 Å². The van der Waals surface area contributed by atoms with Gasteiger partial charge in [0, 0.05) is 0 Å². The number of nitriles is 1. The van der Waals surface area contributed by atoms with Crippen molar-refractivity contribution < 1.29 is 4.79 Å². The largest absolute Gasteiger partial charge is 0.365 e. The number of nitrogens with zero attached hydrogens (tertiary/aromatic N) is 2. The molecule has 0 bridgehead atoms. The fraction of sp³-hybridized carbons (Fsp3) is 0. The number of amides is 1. The van der Waals surface area contributed by atoms with Gasteiger partial charge < -0.3 is 5.73 Å². The third-order valence-electron chi connectivity index (χ3n) is 1.02. The summed E-state index contributed by atoms with van der Waals surface area (Å²) in [6.45, 7) is 0. The maximum Gasteiger partial charge on any atom is 0.253 e. The third kappa shape index (κ3) is 0.821. The number of H-pyrrole nitrogens is 1. The smallest absolute Gasteiger partial charge is 0.253 e. The minimum atomic E-state index is -0.648. The van der Waals surface area contributed by atoms with Crippen LogP contribution < -0.4 is 5.73 Å². The zero-order valence-electron chi connectivity index (χ0n) is 4.96. The summed E-state index contributed by atoms with van der Waals surface area (Å²) in [6, 6.07) is 1.74. The van der Waals surface area contributed by atoms with Gasteiger partial charge in [0.1, 0.15) is 11.8 Å². The lowest BCUT2D eigenvalue weighted by Crippen LogP contribution is -2.11. The molecule has 1 amide bonds. The summed E-state index contributed by atoms with van der Waals surface area (Å²) in [5.74, 6) is -0.648. The highest BCUT2D eigenvalue weighted by atomic mass is 16.1. The maximum atomic E-state index is 10.5. The first-order valence-corrected chi connectivity index (χ1v) is 2.49. The first kappa shape index (κ1) is 6.29. The fourth-order valence-corrected chi connectivity index (χ4v) is 0.558. The molecule has 50 valence electrons. The molecule has 0 saturated carbocycles. The van der Waals surface area contributed by atoms with Gasteiger partial charge in [0.15, 0.2) is 0 Å². The molecule has 0 aliphatic heterocycles. The molecule has 0 fully saturated rings. The SMILES string of the molecule is N#Cc1[nH]ncc1C(N)=O. The van der Waals surface area contributed by atoms with Gasteiger partial charge in [-0.05, 0) is 0 Å². The number of carbonyl (C=O) groups excluding carboxylic acids is 1. The van der Waals surface area contributed by atoms with Crippen LogP contribution in [0.3, 0.4) is 0 Å². The first-order valence-electron chi connectivity index (χ1n) is 2.49. The van der Waals surface area contributed by atoms with Gasteiger partial charge in [-0.15, -0.1) is 0 Å². The molecule has 0 radical (unpaired) electrons. The van der Waals surface area contributed by atoms with E-state index in [1.807, 2.05) is 0 Å². The molecule has 1 rings (SSSR count). The van der Waals surface area contributed by atoms with E-state index in [0.29, 0.717) is 0 Å². The lowest BCUT2D eigenvalue weighted by atomic mass is 10.2. The number of aromatic nitrogens is 2. The van der Waals surface area contributed by atoms with E-state index < -0.39 is 5.91 Å². The Labute approximate surface area is 56.5 Å². The lowest BCUT2D eigenvalue weighted by molar-refractivity contribution is 0.1000. The summed E-state index contributed by atoms with van der Waals surface area (Å²) in [5.41, 5.74) is 5.12. The highest BCUT2D eigenvalue weighted by Gasteiger charge is 2.08. The van der Waals surface area contributed by atoms with Gasteiger partial charge >= 0.3 is 0 Å². The van der Waals surface area contributed by atoms with Crippen molar-refractivity contribution in [2.75, 3.05) is 0 Å². The van der Waals surface area contributed by atoms with Crippen molar-refractivity contribution in [3.63, 3.8) is 0 Å². The van der Waals surface area contributed by atoms with E-state index in [0.717, 1.165) is 0 Å². The Morgan fingerprint density at radius 1 is 1.90 bits per heavy atom. The minimum Gasteiger partial charge on any atom is -0.365 e. The molecular formula is C5H4N4O. The fourth-order valence-electron chi connectivity index (χ4n) is 0.558. The van der Waals surface area contributed by atoms with E-state index in [1.165, 1.54) is 6.20 Å². The average molecular weight is 136 g/mol. The normalized spacial score (nSPS) is 8.70. The highest BCUT2D eigenvalue weighted by molar-refractivity contribution is 5.94. The number of nitrogens with one attached hydrogen (secondary N) is 1. The number of hydrogen-bond donors (Lipinski definition) is 2. The molecule has 1 aromatic heterocycles. The molecule has 0 aliphatic carbocycles. The molecule has 1 heterocycles. The Balaban J connectivity index is 3.17. The number of rotatable bonds is 1. The summed E-state index contributed by atoms with van der Waals surface area (Å²) in [5, 5.41) is 14.1. The van der Waals surface area contributed by atoms with Gasteiger partial charge in [0.05, 0.1) is 11.8 Å². The number of nitrogens with two attached hydrogens (primary N) is 1. The van der Waals surface area contributed by atoms with Crippen LogP contribution in [0.15, 0.2) is 6.20 Å². The van der Waals surface area contributed by atoms with E-state index in [2.05, 4.69) is 10.2 Å². The predicted octanol–water partition coefficient (Wildman–Crippen LogP) is -0.620. The van der Waals surface area contributed by atoms with Crippen LogP contribution in [0.4, 0.5) is 0 Å². The summed E-state index contributed by atoms with van der Waals surface area (Å²) in [7, 11) is 0. The molecule has 10 heavy (non-hydrogen) atoms. The molecule has 5 nitrogen and oxygen atoms in total. The second kappa shape index (κ2) is 2.19. The second-order valence-corrected chi connectivity index (χ2v) is 1.63. The number of aromatic amines is 1. The van der Waals surface area contributed by atoms with E-state index in [4.69, 9.17) is 11.0 Å². The van der Waals surface area contributed by atoms with E-state index >= 15 is 0 Å². The minimum absolute atomic E-state index is 0.104. The molecule has 0 atom stereocenters. The molecule has 1 aromatic rings. The molecule has 0 saturated heterocycles.